The van der Waals surface area contributed by atoms with E-state index in [9.17, 15) is 0 Å². The predicted octanol–water partition coefficient (Wildman–Crippen LogP) is 8.75. The second-order valence-corrected chi connectivity index (χ2v) is 51.7. The number of halogens is 4. The third-order valence-electron chi connectivity index (χ3n) is 5.55. The van der Waals surface area contributed by atoms with E-state index in [2.05, 4.69) is 209 Å². The first-order valence-electron chi connectivity index (χ1n) is 9.85. The zero-order valence-electron chi connectivity index (χ0n) is 16.7. The van der Waals surface area contributed by atoms with E-state index in [1.54, 1.807) is 0 Å². The zero-order chi connectivity index (χ0) is 22.1. The topological polar surface area (TPSA) is 0 Å². The first-order valence-corrected chi connectivity index (χ1v) is 25.8. The van der Waals surface area contributed by atoms with Crippen LogP contribution in [0.1, 0.15) is 0 Å². The maximum absolute atomic E-state index is 2.87. The number of hydrogen-bond acceptors (Lipinski definition) is 0. The van der Waals surface area contributed by atoms with Crippen LogP contribution in [0.3, 0.4) is 0 Å². The van der Waals surface area contributed by atoms with Gasteiger partial charge in [0.1, 0.15) is 0 Å². The van der Waals surface area contributed by atoms with E-state index in [1.165, 1.54) is 21.2 Å². The summed E-state index contributed by atoms with van der Waals surface area (Å²) in [6, 6.07) is 44.7. The molecule has 0 heterocycles. The van der Waals surface area contributed by atoms with Gasteiger partial charge in [0.05, 0.1) is 0 Å². The van der Waals surface area contributed by atoms with Crippen LogP contribution in [0.25, 0.3) is 0 Å². The van der Waals surface area contributed by atoms with Crippen molar-refractivity contribution in [2.75, 3.05) is 5.90 Å². The Morgan fingerprint density at radius 3 is 0.742 bits per heavy atom. The molecule has 4 aromatic carbocycles. The van der Waals surface area contributed by atoms with Crippen LogP contribution < -0.4 is 21.2 Å². The summed E-state index contributed by atoms with van der Waals surface area (Å²) < 4.78 is -5.21. The minimum atomic E-state index is -2.60. The number of benzene rings is 4. The summed E-state index contributed by atoms with van der Waals surface area (Å²) in [6.45, 7) is 0. The fourth-order valence-electron chi connectivity index (χ4n) is 3.94. The van der Waals surface area contributed by atoms with Gasteiger partial charge < -0.3 is 0 Å². The van der Waals surface area contributed by atoms with Gasteiger partial charge in [-0.05, 0) is 0 Å². The quantitative estimate of drug-likeness (QED) is 0.134. The van der Waals surface area contributed by atoms with E-state index in [-0.39, 0.29) is 0 Å². The van der Waals surface area contributed by atoms with Crippen molar-refractivity contribution in [3.8, 4) is 0 Å². The molecule has 0 unspecified atom stereocenters. The van der Waals surface area contributed by atoms with Crippen LogP contribution in [0.4, 0.5) is 0 Å². The SMILES string of the molecule is IP(I)(CP(I)(I)(c1ccccc1)c1ccccc1)(c1ccccc1)c1ccccc1. The molecule has 6 heteroatoms. The van der Waals surface area contributed by atoms with Gasteiger partial charge >= 0.3 is 240 Å². The van der Waals surface area contributed by atoms with E-state index in [0.29, 0.717) is 0 Å². The number of rotatable bonds is 6. The van der Waals surface area contributed by atoms with Gasteiger partial charge in [0.25, 0.3) is 0 Å². The molecule has 0 fully saturated rings. The molecule has 0 saturated heterocycles. The molecule has 31 heavy (non-hydrogen) atoms. The Balaban J connectivity index is 2.05. The van der Waals surface area contributed by atoms with Crippen LogP contribution >= 0.6 is 91.9 Å². The van der Waals surface area contributed by atoms with Crippen molar-refractivity contribution in [1.82, 2.24) is 0 Å². The third-order valence-corrected chi connectivity index (χ3v) is 39.1. The van der Waals surface area contributed by atoms with Crippen LogP contribution in [0.15, 0.2) is 121 Å². The normalized spacial score (nSPS) is 14.7. The van der Waals surface area contributed by atoms with E-state index in [1.807, 2.05) is 0 Å². The van der Waals surface area contributed by atoms with Gasteiger partial charge in [-0.2, -0.15) is 0 Å². The van der Waals surface area contributed by atoms with Gasteiger partial charge in [-0.1, -0.05) is 0 Å². The second kappa shape index (κ2) is 9.37. The Labute approximate surface area is 237 Å². The van der Waals surface area contributed by atoms with Crippen LogP contribution in [-0.4, -0.2) is 5.90 Å². The molecule has 0 aliphatic heterocycles. The molecule has 0 radical (unpaired) electrons. The number of hydrogen-bond donors (Lipinski definition) is 0. The molecular formula is C25H22I4P2. The Bertz CT molecular complexity index is 983. The average Bonchev–Trinajstić information content (AvgIpc) is 2.81. The monoisotopic (exact) mass is 892 g/mol. The van der Waals surface area contributed by atoms with Gasteiger partial charge in [-0.3, -0.25) is 0 Å². The van der Waals surface area contributed by atoms with Gasteiger partial charge in [0, 0.05) is 0 Å². The van der Waals surface area contributed by atoms with Crippen molar-refractivity contribution >= 4 is 113 Å². The molecule has 0 nitrogen and oxygen atoms in total. The summed E-state index contributed by atoms with van der Waals surface area (Å²) in [5.74, 6) is 1.11. The molecule has 160 valence electrons. The molecule has 0 aliphatic rings. The molecule has 0 amide bonds. The van der Waals surface area contributed by atoms with Crippen molar-refractivity contribution in [3.05, 3.63) is 121 Å². The van der Waals surface area contributed by atoms with Gasteiger partial charge in [-0.25, -0.2) is 0 Å². The van der Waals surface area contributed by atoms with Crippen LogP contribution in [-0.2, 0) is 0 Å². The van der Waals surface area contributed by atoms with E-state index in [4.69, 9.17) is 0 Å². The van der Waals surface area contributed by atoms with Gasteiger partial charge in [0.15, 0.2) is 0 Å². The molecule has 4 rings (SSSR count). The van der Waals surface area contributed by atoms with Crippen molar-refractivity contribution in [1.29, 1.82) is 0 Å². The summed E-state index contributed by atoms with van der Waals surface area (Å²) in [6.07, 6.45) is 0. The standard InChI is InChI=1S/C25H22I4P2/c26-30(27,22-13-5-1-6-14-22,23-15-7-2-8-16-23)21-31(28,29,24-17-9-3-10-18-24)25-19-11-4-12-20-25/h1-20H,21H2. The molecule has 0 atom stereocenters. The molecular weight excluding hydrogens is 870 g/mol. The average molecular weight is 892 g/mol. The summed E-state index contributed by atoms with van der Waals surface area (Å²) in [7, 11) is 0. The fourth-order valence-corrected chi connectivity index (χ4v) is 64.4. The van der Waals surface area contributed by atoms with Crippen molar-refractivity contribution in [3.63, 3.8) is 0 Å². The van der Waals surface area contributed by atoms with Crippen molar-refractivity contribution < 1.29 is 0 Å². The van der Waals surface area contributed by atoms with Crippen molar-refractivity contribution in [2.24, 2.45) is 0 Å². The summed E-state index contributed by atoms with van der Waals surface area (Å²) in [4.78, 5) is 0. The summed E-state index contributed by atoms with van der Waals surface area (Å²) in [5, 5.41) is 5.82. The van der Waals surface area contributed by atoms with Gasteiger partial charge in [-0.15, -0.1) is 0 Å². The molecule has 4 aromatic rings. The van der Waals surface area contributed by atoms with Gasteiger partial charge in [0.2, 0.25) is 0 Å². The van der Waals surface area contributed by atoms with Crippen LogP contribution in [0.2, 0.25) is 0 Å². The zero-order valence-corrected chi connectivity index (χ0v) is 27.1. The summed E-state index contributed by atoms with van der Waals surface area (Å²) >= 11 is 11.5. The Morgan fingerprint density at radius 1 is 0.355 bits per heavy atom. The molecule has 0 bridgehead atoms. The molecule has 0 saturated carbocycles. The minimum absolute atomic E-state index is 1.11. The molecule has 0 aromatic heterocycles. The van der Waals surface area contributed by atoms with E-state index >= 15 is 0 Å². The fraction of sp³-hybridized carbons (Fsp3) is 0.0400. The van der Waals surface area contributed by atoms with E-state index < -0.39 is 3.78 Å². The molecule has 0 aliphatic carbocycles. The second-order valence-electron chi connectivity index (χ2n) is 7.62. The Morgan fingerprint density at radius 2 is 0.548 bits per heavy atom. The van der Waals surface area contributed by atoms with Crippen LogP contribution in [0.5, 0.6) is 0 Å². The predicted molar refractivity (Wildman–Crippen MR) is 179 cm³/mol. The maximum atomic E-state index is 2.87. The first-order chi connectivity index (χ1) is 14.7. The third kappa shape index (κ3) is 4.77. The molecule has 0 spiro atoms. The Hall–Kier alpha value is 0.660. The van der Waals surface area contributed by atoms with E-state index in [0.717, 1.165) is 5.90 Å². The Kier molecular flexibility index (Phi) is 7.49. The molecule has 0 N–H and O–H groups in total. The summed E-state index contributed by atoms with van der Waals surface area (Å²) in [5.41, 5.74) is 0. The van der Waals surface area contributed by atoms with Crippen LogP contribution in [0, 0.1) is 0 Å². The van der Waals surface area contributed by atoms with Crippen molar-refractivity contribution in [2.45, 2.75) is 0 Å². The first kappa shape index (κ1) is 24.8.